The minimum Gasteiger partial charge on any atom is -0.345 e. The number of halogens is 4. The van der Waals surface area contributed by atoms with Crippen LogP contribution in [0.15, 0.2) is 12.1 Å². The van der Waals surface area contributed by atoms with Crippen LogP contribution in [0.1, 0.15) is 38.4 Å². The van der Waals surface area contributed by atoms with E-state index in [4.69, 9.17) is 11.6 Å². The van der Waals surface area contributed by atoms with Crippen molar-refractivity contribution < 1.29 is 13.2 Å². The lowest BCUT2D eigenvalue weighted by atomic mass is 10.1. The van der Waals surface area contributed by atoms with Crippen LogP contribution in [0.3, 0.4) is 0 Å². The molecule has 0 N–H and O–H groups in total. The summed E-state index contributed by atoms with van der Waals surface area (Å²) in [6.45, 7) is 4.44. The number of alkyl halides is 4. The molecule has 114 valence electrons. The number of aromatic nitrogens is 1. The molecule has 0 aromatic carbocycles. The zero-order valence-corrected chi connectivity index (χ0v) is 12.7. The van der Waals surface area contributed by atoms with Crippen LogP contribution in [0.5, 0.6) is 0 Å². The van der Waals surface area contributed by atoms with E-state index in [1.165, 1.54) is 4.90 Å². The van der Waals surface area contributed by atoms with Gasteiger partial charge in [0.1, 0.15) is 12.4 Å². The van der Waals surface area contributed by atoms with E-state index < -0.39 is 12.7 Å². The van der Waals surface area contributed by atoms with E-state index >= 15 is 0 Å². The van der Waals surface area contributed by atoms with Crippen molar-refractivity contribution in [2.45, 2.75) is 51.7 Å². The fourth-order valence-electron chi connectivity index (χ4n) is 1.96. The molecule has 0 amide bonds. The van der Waals surface area contributed by atoms with Crippen LogP contribution in [0, 0.1) is 0 Å². The third-order valence-corrected chi connectivity index (χ3v) is 3.16. The standard InChI is InChI=1S/C14H20ClF3N2/c1-4-5-12-6-11(8-15)7-13(19-12)20(10(2)3)9-14(16,17)18/h6-7,10H,4-5,8-9H2,1-3H3. The third kappa shape index (κ3) is 5.19. The van der Waals surface area contributed by atoms with Gasteiger partial charge in [-0.15, -0.1) is 11.6 Å². The lowest BCUT2D eigenvalue weighted by Crippen LogP contribution is -2.39. The van der Waals surface area contributed by atoms with Gasteiger partial charge < -0.3 is 4.90 Å². The van der Waals surface area contributed by atoms with Crippen molar-refractivity contribution >= 4 is 17.4 Å². The van der Waals surface area contributed by atoms with Gasteiger partial charge in [0, 0.05) is 17.6 Å². The molecule has 1 aromatic heterocycles. The van der Waals surface area contributed by atoms with Crippen LogP contribution in [-0.4, -0.2) is 23.7 Å². The van der Waals surface area contributed by atoms with Gasteiger partial charge in [0.25, 0.3) is 0 Å². The van der Waals surface area contributed by atoms with Crippen LogP contribution in [0.2, 0.25) is 0 Å². The second kappa shape index (κ2) is 7.16. The monoisotopic (exact) mass is 308 g/mol. The molecule has 0 spiro atoms. The van der Waals surface area contributed by atoms with Crippen LogP contribution in [0.4, 0.5) is 19.0 Å². The first-order chi connectivity index (χ1) is 9.26. The van der Waals surface area contributed by atoms with E-state index in [1.807, 2.05) is 13.0 Å². The zero-order valence-electron chi connectivity index (χ0n) is 12.0. The number of rotatable bonds is 6. The first-order valence-corrected chi connectivity index (χ1v) is 7.19. The molecule has 1 heterocycles. The Morgan fingerprint density at radius 3 is 2.40 bits per heavy atom. The summed E-state index contributed by atoms with van der Waals surface area (Å²) in [6.07, 6.45) is -2.64. The summed E-state index contributed by atoms with van der Waals surface area (Å²) in [5, 5.41) is 0. The Bertz CT molecular complexity index is 433. The highest BCUT2D eigenvalue weighted by molar-refractivity contribution is 6.17. The summed E-state index contributed by atoms with van der Waals surface area (Å²) in [7, 11) is 0. The Hall–Kier alpha value is -0.970. The SMILES string of the molecule is CCCc1cc(CCl)cc(N(CC(F)(F)F)C(C)C)n1. The normalized spacial score (nSPS) is 12.0. The molecule has 1 aromatic rings. The summed E-state index contributed by atoms with van der Waals surface area (Å²) < 4.78 is 38.1. The Labute approximate surface area is 122 Å². The molecule has 0 atom stereocenters. The minimum atomic E-state index is -4.26. The smallest absolute Gasteiger partial charge is 0.345 e. The maximum Gasteiger partial charge on any atom is 0.405 e. The second-order valence-corrected chi connectivity index (χ2v) is 5.31. The summed E-state index contributed by atoms with van der Waals surface area (Å²) in [5.41, 5.74) is 1.58. The molecular formula is C14H20ClF3N2. The molecule has 0 fully saturated rings. The highest BCUT2D eigenvalue weighted by Crippen LogP contribution is 2.25. The predicted octanol–water partition coefficient (Wildman–Crippen LogP) is 4.55. The van der Waals surface area contributed by atoms with E-state index in [0.29, 0.717) is 5.82 Å². The second-order valence-electron chi connectivity index (χ2n) is 5.05. The molecule has 20 heavy (non-hydrogen) atoms. The van der Waals surface area contributed by atoms with Gasteiger partial charge in [-0.25, -0.2) is 4.98 Å². The summed E-state index contributed by atoms with van der Waals surface area (Å²) >= 11 is 5.82. The van der Waals surface area contributed by atoms with E-state index in [-0.39, 0.29) is 11.9 Å². The molecular weight excluding hydrogens is 289 g/mol. The Morgan fingerprint density at radius 2 is 1.95 bits per heavy atom. The zero-order chi connectivity index (χ0) is 15.3. The largest absolute Gasteiger partial charge is 0.405 e. The highest BCUT2D eigenvalue weighted by atomic mass is 35.5. The van der Waals surface area contributed by atoms with Gasteiger partial charge in [-0.2, -0.15) is 13.2 Å². The number of aryl methyl sites for hydroxylation is 1. The molecule has 1 rings (SSSR count). The maximum atomic E-state index is 12.7. The van der Waals surface area contributed by atoms with E-state index in [2.05, 4.69) is 4.98 Å². The van der Waals surface area contributed by atoms with Crippen molar-refractivity contribution in [1.82, 2.24) is 4.98 Å². The first kappa shape index (κ1) is 17.1. The Kier molecular flexibility index (Phi) is 6.11. The van der Waals surface area contributed by atoms with Gasteiger partial charge in [0.05, 0.1) is 0 Å². The predicted molar refractivity (Wildman–Crippen MR) is 76.3 cm³/mol. The minimum absolute atomic E-state index is 0.268. The molecule has 0 unspecified atom stereocenters. The average molecular weight is 309 g/mol. The molecule has 0 aliphatic carbocycles. The fourth-order valence-corrected chi connectivity index (χ4v) is 2.12. The molecule has 0 saturated heterocycles. The van der Waals surface area contributed by atoms with Crippen LogP contribution >= 0.6 is 11.6 Å². The van der Waals surface area contributed by atoms with Crippen LogP contribution < -0.4 is 4.90 Å². The van der Waals surface area contributed by atoms with Gasteiger partial charge in [-0.1, -0.05) is 13.3 Å². The van der Waals surface area contributed by atoms with Crippen molar-refractivity contribution in [2.24, 2.45) is 0 Å². The summed E-state index contributed by atoms with van der Waals surface area (Å²) in [6, 6.07) is 3.20. The van der Waals surface area contributed by atoms with E-state index in [9.17, 15) is 13.2 Å². The van der Waals surface area contributed by atoms with Crippen LogP contribution in [0.25, 0.3) is 0 Å². The van der Waals surface area contributed by atoms with Crippen molar-refractivity contribution in [3.63, 3.8) is 0 Å². The third-order valence-electron chi connectivity index (χ3n) is 2.85. The quantitative estimate of drug-likeness (QED) is 0.717. The molecule has 0 saturated carbocycles. The lowest BCUT2D eigenvalue weighted by molar-refractivity contribution is -0.120. The van der Waals surface area contributed by atoms with E-state index in [1.54, 1.807) is 19.9 Å². The average Bonchev–Trinajstić information content (AvgIpc) is 2.34. The molecule has 2 nitrogen and oxygen atoms in total. The van der Waals surface area contributed by atoms with Crippen LogP contribution in [-0.2, 0) is 12.3 Å². The van der Waals surface area contributed by atoms with Gasteiger partial charge >= 0.3 is 6.18 Å². The number of nitrogens with zero attached hydrogens (tertiary/aromatic N) is 2. The maximum absolute atomic E-state index is 12.7. The molecule has 6 heteroatoms. The Morgan fingerprint density at radius 1 is 1.30 bits per heavy atom. The molecule has 0 aliphatic heterocycles. The lowest BCUT2D eigenvalue weighted by Gasteiger charge is -2.29. The molecule has 0 radical (unpaired) electrons. The van der Waals surface area contributed by atoms with Crippen molar-refractivity contribution in [1.29, 1.82) is 0 Å². The van der Waals surface area contributed by atoms with Gasteiger partial charge in [-0.3, -0.25) is 0 Å². The van der Waals surface area contributed by atoms with Gasteiger partial charge in [0.2, 0.25) is 0 Å². The highest BCUT2D eigenvalue weighted by Gasteiger charge is 2.32. The summed E-state index contributed by atoms with van der Waals surface area (Å²) in [4.78, 5) is 5.60. The Balaban J connectivity index is 3.14. The summed E-state index contributed by atoms with van der Waals surface area (Å²) in [5.74, 6) is 0.614. The van der Waals surface area contributed by atoms with Crippen molar-refractivity contribution in [2.75, 3.05) is 11.4 Å². The number of anilines is 1. The van der Waals surface area contributed by atoms with Crippen molar-refractivity contribution in [3.05, 3.63) is 23.4 Å². The number of pyridine rings is 1. The van der Waals surface area contributed by atoms with Crippen molar-refractivity contribution in [3.8, 4) is 0 Å². The van der Waals surface area contributed by atoms with E-state index in [0.717, 1.165) is 24.1 Å². The molecule has 0 bridgehead atoms. The number of hydrogen-bond acceptors (Lipinski definition) is 2. The number of hydrogen-bond donors (Lipinski definition) is 0. The first-order valence-electron chi connectivity index (χ1n) is 6.66. The fraction of sp³-hybridized carbons (Fsp3) is 0.643. The van der Waals surface area contributed by atoms with Gasteiger partial charge in [0.15, 0.2) is 0 Å². The topological polar surface area (TPSA) is 16.1 Å². The molecule has 0 aliphatic rings. The van der Waals surface area contributed by atoms with Gasteiger partial charge in [-0.05, 0) is 38.0 Å².